The van der Waals surface area contributed by atoms with Gasteiger partial charge in [-0.2, -0.15) is 0 Å². The van der Waals surface area contributed by atoms with Gasteiger partial charge in [-0.1, -0.05) is 6.92 Å². The Hall–Kier alpha value is -0.990. The van der Waals surface area contributed by atoms with Crippen LogP contribution in [-0.4, -0.2) is 11.1 Å². The fourth-order valence-electron chi connectivity index (χ4n) is 0.369. The maximum atomic E-state index is 10.4. The molecule has 0 saturated carbocycles. The Bertz CT molecular complexity index is 107. The zero-order valence-corrected chi connectivity index (χ0v) is 5.33. The van der Waals surface area contributed by atoms with Crippen molar-refractivity contribution >= 4 is 5.97 Å². The molecule has 0 aliphatic rings. The van der Waals surface area contributed by atoms with Gasteiger partial charge in [-0.05, 0) is 6.42 Å². The standard InChI is InChI=1S/C6H10O3/c1-2-3-6(8)9-5-4-7/h4-5,7H,2-3H2,1H3. The summed E-state index contributed by atoms with van der Waals surface area (Å²) < 4.78 is 4.36. The molecule has 0 saturated heterocycles. The summed E-state index contributed by atoms with van der Waals surface area (Å²) in [4.78, 5) is 10.4. The number of hydrogen-bond acceptors (Lipinski definition) is 3. The second kappa shape index (κ2) is 5.15. The monoisotopic (exact) mass is 130 g/mol. The molecule has 0 spiro atoms. The summed E-state index contributed by atoms with van der Waals surface area (Å²) in [7, 11) is 0. The van der Waals surface area contributed by atoms with Crippen molar-refractivity contribution < 1.29 is 14.6 Å². The molecule has 0 radical (unpaired) electrons. The number of aliphatic hydroxyl groups excluding tert-OH is 1. The Balaban J connectivity index is 3.27. The first-order valence-electron chi connectivity index (χ1n) is 2.80. The largest absolute Gasteiger partial charge is 0.512 e. The normalized spacial score (nSPS) is 9.89. The van der Waals surface area contributed by atoms with Gasteiger partial charge >= 0.3 is 5.97 Å². The van der Waals surface area contributed by atoms with E-state index in [4.69, 9.17) is 5.11 Å². The highest BCUT2D eigenvalue weighted by Crippen LogP contribution is 1.90. The SMILES string of the molecule is CCCC(=O)OC=CO. The summed E-state index contributed by atoms with van der Waals surface area (Å²) in [6, 6.07) is 0. The molecule has 0 bridgehead atoms. The Morgan fingerprint density at radius 2 is 2.44 bits per heavy atom. The van der Waals surface area contributed by atoms with E-state index in [1.807, 2.05) is 6.92 Å². The number of esters is 1. The lowest BCUT2D eigenvalue weighted by Gasteiger charge is -1.92. The highest BCUT2D eigenvalue weighted by atomic mass is 16.5. The van der Waals surface area contributed by atoms with Crippen molar-refractivity contribution in [3.63, 3.8) is 0 Å². The Labute approximate surface area is 53.9 Å². The van der Waals surface area contributed by atoms with Gasteiger partial charge in [0, 0.05) is 6.42 Å². The highest BCUT2D eigenvalue weighted by molar-refractivity contribution is 5.69. The first-order valence-corrected chi connectivity index (χ1v) is 2.80. The maximum absolute atomic E-state index is 10.4. The van der Waals surface area contributed by atoms with Crippen molar-refractivity contribution in [1.29, 1.82) is 0 Å². The molecule has 9 heavy (non-hydrogen) atoms. The lowest BCUT2D eigenvalue weighted by atomic mass is 10.3. The summed E-state index contributed by atoms with van der Waals surface area (Å²) in [5.41, 5.74) is 0. The predicted molar refractivity (Wildman–Crippen MR) is 32.8 cm³/mol. The van der Waals surface area contributed by atoms with Gasteiger partial charge in [-0.15, -0.1) is 0 Å². The van der Waals surface area contributed by atoms with Crippen molar-refractivity contribution in [2.24, 2.45) is 0 Å². The summed E-state index contributed by atoms with van der Waals surface area (Å²) in [5.74, 6) is -0.317. The molecule has 52 valence electrons. The van der Waals surface area contributed by atoms with E-state index in [1.165, 1.54) is 0 Å². The molecule has 0 atom stereocenters. The van der Waals surface area contributed by atoms with E-state index in [9.17, 15) is 4.79 Å². The van der Waals surface area contributed by atoms with Gasteiger partial charge < -0.3 is 9.84 Å². The third-order valence-corrected chi connectivity index (χ3v) is 0.714. The van der Waals surface area contributed by atoms with E-state index in [1.54, 1.807) is 0 Å². The second-order valence-electron chi connectivity index (χ2n) is 1.53. The van der Waals surface area contributed by atoms with Crippen LogP contribution >= 0.6 is 0 Å². The molecule has 0 rings (SSSR count). The van der Waals surface area contributed by atoms with E-state index in [-0.39, 0.29) is 5.97 Å². The minimum atomic E-state index is -0.317. The Kier molecular flexibility index (Phi) is 4.59. The number of carbonyl (C=O) groups is 1. The van der Waals surface area contributed by atoms with Crippen molar-refractivity contribution in [2.75, 3.05) is 0 Å². The van der Waals surface area contributed by atoms with Crippen molar-refractivity contribution in [3.8, 4) is 0 Å². The zero-order valence-electron chi connectivity index (χ0n) is 5.33. The molecule has 0 amide bonds. The lowest BCUT2D eigenvalue weighted by molar-refractivity contribution is -0.138. The van der Waals surface area contributed by atoms with E-state index in [2.05, 4.69) is 4.74 Å². The smallest absolute Gasteiger partial charge is 0.310 e. The number of carbonyl (C=O) groups excluding carboxylic acids is 1. The van der Waals surface area contributed by atoms with E-state index in [0.717, 1.165) is 12.7 Å². The first-order chi connectivity index (χ1) is 4.31. The zero-order chi connectivity index (χ0) is 7.11. The van der Waals surface area contributed by atoms with Crippen molar-refractivity contribution in [1.82, 2.24) is 0 Å². The first kappa shape index (κ1) is 8.01. The van der Waals surface area contributed by atoms with Crippen molar-refractivity contribution in [3.05, 3.63) is 12.5 Å². The molecular weight excluding hydrogens is 120 g/mol. The summed E-state index contributed by atoms with van der Waals surface area (Å²) >= 11 is 0. The van der Waals surface area contributed by atoms with Gasteiger partial charge in [-0.3, -0.25) is 4.79 Å². The molecule has 0 heterocycles. The van der Waals surface area contributed by atoms with Crippen LogP contribution in [0.3, 0.4) is 0 Å². The van der Waals surface area contributed by atoms with E-state index >= 15 is 0 Å². The van der Waals surface area contributed by atoms with Gasteiger partial charge in [0.15, 0.2) is 0 Å². The van der Waals surface area contributed by atoms with Crippen LogP contribution < -0.4 is 0 Å². The molecular formula is C6H10O3. The fourth-order valence-corrected chi connectivity index (χ4v) is 0.369. The second-order valence-corrected chi connectivity index (χ2v) is 1.53. The average molecular weight is 130 g/mol. The minimum absolute atomic E-state index is 0.317. The molecule has 1 N–H and O–H groups in total. The van der Waals surface area contributed by atoms with E-state index < -0.39 is 0 Å². The molecule has 3 heteroatoms. The number of ether oxygens (including phenoxy) is 1. The number of rotatable bonds is 3. The van der Waals surface area contributed by atoms with Gasteiger partial charge in [-0.25, -0.2) is 0 Å². The minimum Gasteiger partial charge on any atom is -0.512 e. The molecule has 0 aliphatic heterocycles. The quantitative estimate of drug-likeness (QED) is 0.463. The summed E-state index contributed by atoms with van der Waals surface area (Å²) in [6.45, 7) is 1.88. The van der Waals surface area contributed by atoms with Gasteiger partial charge in [0.05, 0.1) is 0 Å². The topological polar surface area (TPSA) is 46.5 Å². The Morgan fingerprint density at radius 3 is 2.89 bits per heavy atom. The number of hydrogen-bond donors (Lipinski definition) is 1. The van der Waals surface area contributed by atoms with Gasteiger partial charge in [0.1, 0.15) is 12.5 Å². The Morgan fingerprint density at radius 1 is 1.78 bits per heavy atom. The third-order valence-electron chi connectivity index (χ3n) is 0.714. The van der Waals surface area contributed by atoms with Gasteiger partial charge in [0.2, 0.25) is 0 Å². The molecule has 0 aromatic carbocycles. The van der Waals surface area contributed by atoms with Crippen LogP contribution in [0.4, 0.5) is 0 Å². The molecule has 3 nitrogen and oxygen atoms in total. The summed E-state index contributed by atoms with van der Waals surface area (Å²) in [6.07, 6.45) is 2.80. The molecule has 0 aliphatic carbocycles. The van der Waals surface area contributed by atoms with Crippen molar-refractivity contribution in [2.45, 2.75) is 19.8 Å². The molecule has 0 fully saturated rings. The van der Waals surface area contributed by atoms with Crippen LogP contribution in [0.15, 0.2) is 12.5 Å². The van der Waals surface area contributed by atoms with Crippen LogP contribution in [0.25, 0.3) is 0 Å². The predicted octanol–water partition coefficient (Wildman–Crippen LogP) is 1.36. The maximum Gasteiger partial charge on any atom is 0.310 e. The molecule has 0 aromatic rings. The van der Waals surface area contributed by atoms with Crippen LogP contribution in [0.2, 0.25) is 0 Å². The van der Waals surface area contributed by atoms with Crippen LogP contribution in [0.5, 0.6) is 0 Å². The molecule has 0 aromatic heterocycles. The number of aliphatic hydroxyl groups is 1. The lowest BCUT2D eigenvalue weighted by Crippen LogP contribution is -1.97. The van der Waals surface area contributed by atoms with Crippen LogP contribution in [0, 0.1) is 0 Å². The third kappa shape index (κ3) is 4.87. The van der Waals surface area contributed by atoms with E-state index in [0.29, 0.717) is 12.7 Å². The fraction of sp³-hybridized carbons (Fsp3) is 0.500. The van der Waals surface area contributed by atoms with Gasteiger partial charge in [0.25, 0.3) is 0 Å². The molecule has 0 unspecified atom stereocenters. The highest BCUT2D eigenvalue weighted by Gasteiger charge is 1.95. The average Bonchev–Trinajstić information content (AvgIpc) is 1.85. The van der Waals surface area contributed by atoms with Crippen LogP contribution in [-0.2, 0) is 9.53 Å². The summed E-state index contributed by atoms with van der Waals surface area (Å²) in [5, 5.41) is 8.03. The van der Waals surface area contributed by atoms with Crippen LogP contribution in [0.1, 0.15) is 19.8 Å².